The van der Waals surface area contributed by atoms with Gasteiger partial charge in [-0.15, -0.1) is 0 Å². The molecule has 5 heteroatoms. The number of hydrogen-bond acceptors (Lipinski definition) is 3. The van der Waals surface area contributed by atoms with Gasteiger partial charge in [0.1, 0.15) is 5.82 Å². The van der Waals surface area contributed by atoms with Gasteiger partial charge in [-0.05, 0) is 39.4 Å². The number of aromatic nitrogens is 3. The molecule has 10 aromatic rings. The first-order chi connectivity index (χ1) is 28.1. The van der Waals surface area contributed by atoms with E-state index in [1.54, 1.807) is 0 Å². The van der Waals surface area contributed by atoms with Gasteiger partial charge in [-0.2, -0.15) is 0 Å². The number of rotatable bonds is 6. The number of nitrogens with zero attached hydrogens (tertiary/aromatic N) is 3. The first kappa shape index (κ1) is 33.2. The van der Waals surface area contributed by atoms with Gasteiger partial charge in [-0.3, -0.25) is 4.57 Å². The first-order valence-corrected chi connectivity index (χ1v) is 20.9. The smallest absolute Gasteiger partial charge is 0.174 e. The zero-order valence-electron chi connectivity index (χ0n) is 30.8. The Morgan fingerprint density at radius 3 is 1.65 bits per heavy atom. The highest BCUT2D eigenvalue weighted by Gasteiger charge is 2.43. The van der Waals surface area contributed by atoms with E-state index in [9.17, 15) is 0 Å². The molecular weight excluding hydrogens is 714 g/mol. The summed E-state index contributed by atoms with van der Waals surface area (Å²) in [5.74, 6) is 1.33. The van der Waals surface area contributed by atoms with Gasteiger partial charge in [-0.1, -0.05) is 194 Å². The molecule has 0 saturated heterocycles. The Hall–Kier alpha value is -7.13. The molecule has 4 nitrogen and oxygen atoms in total. The summed E-state index contributed by atoms with van der Waals surface area (Å²) in [5.41, 5.74) is 11.2. The van der Waals surface area contributed by atoms with Crippen molar-refractivity contribution in [2.75, 3.05) is 0 Å². The summed E-state index contributed by atoms with van der Waals surface area (Å²) in [5, 5.41) is 4.66. The Bertz CT molecular complexity index is 3070. The molecule has 3 heterocycles. The van der Waals surface area contributed by atoms with Crippen LogP contribution in [0.5, 0.6) is 0 Å². The van der Waals surface area contributed by atoms with Gasteiger partial charge in [0.05, 0.1) is 22.0 Å². The number of hydrogen-bond donors (Lipinski definition) is 0. The Labute approximate surface area is 330 Å². The highest BCUT2D eigenvalue weighted by atomic mass is 31.2. The predicted octanol–water partition coefficient (Wildman–Crippen LogP) is 11.9. The van der Waals surface area contributed by atoms with E-state index in [0.29, 0.717) is 11.6 Å². The molecule has 8 aromatic carbocycles. The Morgan fingerprint density at radius 2 is 0.965 bits per heavy atom. The Morgan fingerprint density at radius 1 is 0.421 bits per heavy atom. The normalized spacial score (nSPS) is 14.5. The zero-order chi connectivity index (χ0) is 37.9. The van der Waals surface area contributed by atoms with Crippen molar-refractivity contribution in [3.05, 3.63) is 206 Å². The van der Waals surface area contributed by atoms with Crippen LogP contribution in [0.1, 0.15) is 0 Å². The molecule has 2 aromatic heterocycles. The van der Waals surface area contributed by atoms with Gasteiger partial charge in [0.2, 0.25) is 0 Å². The molecule has 268 valence electrons. The van der Waals surface area contributed by atoms with E-state index in [2.05, 4.69) is 150 Å². The molecule has 0 saturated carbocycles. The van der Waals surface area contributed by atoms with E-state index >= 15 is 4.57 Å². The minimum Gasteiger partial charge on any atom is -0.309 e. The molecule has 11 rings (SSSR count). The lowest BCUT2D eigenvalue weighted by atomic mass is 10.0. The largest absolute Gasteiger partial charge is 0.309 e. The second-order valence-electron chi connectivity index (χ2n) is 14.5. The predicted molar refractivity (Wildman–Crippen MR) is 237 cm³/mol. The van der Waals surface area contributed by atoms with Gasteiger partial charge in [-0.25, -0.2) is 9.97 Å². The second kappa shape index (κ2) is 13.3. The van der Waals surface area contributed by atoms with E-state index < -0.39 is 7.14 Å². The molecule has 0 amide bonds. The molecule has 0 fully saturated rings. The zero-order valence-corrected chi connectivity index (χ0v) is 31.7. The van der Waals surface area contributed by atoms with Crippen molar-refractivity contribution < 1.29 is 4.57 Å². The van der Waals surface area contributed by atoms with E-state index in [4.69, 9.17) is 9.97 Å². The van der Waals surface area contributed by atoms with Crippen LogP contribution in [0, 0.1) is 0 Å². The van der Waals surface area contributed by atoms with Crippen LogP contribution in [0.2, 0.25) is 0 Å². The molecule has 0 bridgehead atoms. The van der Waals surface area contributed by atoms with Crippen LogP contribution in [0.4, 0.5) is 0 Å². The number of benzene rings is 8. The van der Waals surface area contributed by atoms with Crippen LogP contribution in [-0.2, 0) is 4.57 Å². The lowest BCUT2D eigenvalue weighted by Crippen LogP contribution is -2.22. The molecule has 1 atom stereocenters. The molecule has 1 aliphatic rings. The average molecular weight is 748 g/mol. The quantitative estimate of drug-likeness (QED) is 0.159. The van der Waals surface area contributed by atoms with E-state index in [-0.39, 0.29) is 0 Å². The maximum absolute atomic E-state index is 16.2. The third kappa shape index (κ3) is 5.33. The van der Waals surface area contributed by atoms with E-state index in [0.717, 1.165) is 87.9 Å². The Balaban J connectivity index is 1.19. The molecule has 0 N–H and O–H groups in total. The van der Waals surface area contributed by atoms with Crippen molar-refractivity contribution in [3.63, 3.8) is 0 Å². The van der Waals surface area contributed by atoms with Crippen molar-refractivity contribution in [1.29, 1.82) is 0 Å². The molecule has 1 aliphatic heterocycles. The molecular formula is C52H34N3OP. The second-order valence-corrected chi connectivity index (χ2v) is 17.2. The summed E-state index contributed by atoms with van der Waals surface area (Å²) >= 11 is 0. The van der Waals surface area contributed by atoms with Crippen LogP contribution in [0.3, 0.4) is 0 Å². The van der Waals surface area contributed by atoms with Gasteiger partial charge < -0.3 is 4.57 Å². The summed E-state index contributed by atoms with van der Waals surface area (Å²) in [6.45, 7) is 0. The minimum atomic E-state index is -3.32. The maximum Gasteiger partial charge on any atom is 0.174 e. The maximum atomic E-state index is 16.2. The first-order valence-electron chi connectivity index (χ1n) is 19.2. The monoisotopic (exact) mass is 747 g/mol. The third-order valence-corrected chi connectivity index (χ3v) is 14.4. The van der Waals surface area contributed by atoms with Crippen LogP contribution >= 0.6 is 7.14 Å². The van der Waals surface area contributed by atoms with Crippen molar-refractivity contribution in [2.45, 2.75) is 0 Å². The molecule has 0 aliphatic carbocycles. The van der Waals surface area contributed by atoms with Crippen LogP contribution < -0.4 is 15.9 Å². The van der Waals surface area contributed by atoms with Gasteiger partial charge in [0.25, 0.3) is 0 Å². The van der Waals surface area contributed by atoms with E-state index in [1.807, 2.05) is 60.7 Å². The van der Waals surface area contributed by atoms with Crippen molar-refractivity contribution in [2.24, 2.45) is 0 Å². The SMILES string of the molecule is O=P1(c2ccccc2)c2ccccc2-c2ccc3c4ccccc4n(-c4cc(-c5ccc(-c6ccccc6)cc5)nc(-c5ccc(-c6ccccc6)cc5)n4)c3c21. The summed E-state index contributed by atoms with van der Waals surface area (Å²) in [6.07, 6.45) is 0. The van der Waals surface area contributed by atoms with Crippen molar-refractivity contribution in [1.82, 2.24) is 14.5 Å². The summed E-state index contributed by atoms with van der Waals surface area (Å²) in [6, 6.07) is 70.9. The third-order valence-electron chi connectivity index (χ3n) is 11.3. The lowest BCUT2D eigenvalue weighted by molar-refractivity contribution is 0.593. The fourth-order valence-corrected chi connectivity index (χ4v) is 11.8. The molecule has 57 heavy (non-hydrogen) atoms. The average Bonchev–Trinajstić information content (AvgIpc) is 3.77. The standard InChI is InChI=1S/C52H34N3OP/c56-57(41-18-8-3-9-19-41)48-23-13-11-21-43(48)45-33-32-44-42-20-10-12-22-47(42)55(50(44)51(45)57)49-34-46(39-28-24-37(25-29-39)35-14-4-1-5-15-35)53-52(54-49)40-30-26-38(27-31-40)36-16-6-2-7-17-36/h1-34H. The van der Waals surface area contributed by atoms with E-state index in [1.165, 1.54) is 0 Å². The lowest BCUT2D eigenvalue weighted by Gasteiger charge is -2.19. The Kier molecular flexibility index (Phi) is 7.73. The number of para-hydroxylation sites is 1. The van der Waals surface area contributed by atoms with Gasteiger partial charge in [0, 0.05) is 38.6 Å². The van der Waals surface area contributed by atoms with Crippen LogP contribution in [0.15, 0.2) is 206 Å². The summed E-state index contributed by atoms with van der Waals surface area (Å²) in [7, 11) is -3.32. The molecule has 1 unspecified atom stereocenters. The van der Waals surface area contributed by atoms with Crippen LogP contribution in [0.25, 0.3) is 83.6 Å². The minimum absolute atomic E-state index is 0.613. The topological polar surface area (TPSA) is 47.8 Å². The fraction of sp³-hybridized carbons (Fsp3) is 0. The van der Waals surface area contributed by atoms with Crippen molar-refractivity contribution >= 4 is 44.9 Å². The van der Waals surface area contributed by atoms with Crippen LogP contribution in [-0.4, -0.2) is 14.5 Å². The number of fused-ring (bicyclic) bond motifs is 7. The van der Waals surface area contributed by atoms with Crippen molar-refractivity contribution in [3.8, 4) is 61.8 Å². The fourth-order valence-electron chi connectivity index (χ4n) is 8.55. The highest BCUT2D eigenvalue weighted by molar-refractivity contribution is 7.86. The highest BCUT2D eigenvalue weighted by Crippen LogP contribution is 2.55. The molecule has 0 radical (unpaired) electrons. The summed E-state index contributed by atoms with van der Waals surface area (Å²) in [4.78, 5) is 10.6. The summed E-state index contributed by atoms with van der Waals surface area (Å²) < 4.78 is 18.4. The van der Waals surface area contributed by atoms with Gasteiger partial charge in [0.15, 0.2) is 13.0 Å². The molecule has 0 spiro atoms. The van der Waals surface area contributed by atoms with Gasteiger partial charge >= 0.3 is 0 Å².